The van der Waals surface area contributed by atoms with Gasteiger partial charge in [-0.15, -0.1) is 0 Å². The quantitative estimate of drug-likeness (QED) is 0.323. The van der Waals surface area contributed by atoms with Crippen LogP contribution in [0.5, 0.6) is 0 Å². The molecule has 0 fully saturated rings. The van der Waals surface area contributed by atoms with E-state index in [1.54, 1.807) is 6.92 Å². The maximum atomic E-state index is 13.7. The molecule has 38 heavy (non-hydrogen) atoms. The van der Waals surface area contributed by atoms with Gasteiger partial charge in [-0.2, -0.15) is 0 Å². The Balaban J connectivity index is 1.84. The number of ether oxygens (including phenoxy) is 1. The number of urea groups is 1. The topological polar surface area (TPSA) is 102 Å². The fourth-order valence-corrected chi connectivity index (χ4v) is 4.34. The Bertz CT molecular complexity index is 1140. The molecule has 3 rings (SSSR count). The molecule has 3 amide bonds. The minimum Gasteiger partial charge on any atom is -0.466 e. The van der Waals surface area contributed by atoms with Crippen LogP contribution in [-0.4, -0.2) is 41.5 Å². The number of carbonyl (C=O) groups excluding carboxylic acids is 3. The van der Waals surface area contributed by atoms with Gasteiger partial charge in [0.15, 0.2) is 0 Å². The molecular weight excluding hydrogens is 478 g/mol. The molecule has 0 unspecified atom stereocenters. The minimum atomic E-state index is -0.915. The molecule has 0 radical (unpaired) electrons. The van der Waals surface area contributed by atoms with Gasteiger partial charge in [-0.1, -0.05) is 91.0 Å². The first-order chi connectivity index (χ1) is 18.5. The average molecular weight is 516 g/mol. The molecule has 3 aromatic rings. The lowest BCUT2D eigenvalue weighted by atomic mass is 9.98. The van der Waals surface area contributed by atoms with Crippen LogP contribution in [-0.2, 0) is 33.7 Å². The maximum Gasteiger partial charge on any atom is 0.324 e. The van der Waals surface area contributed by atoms with E-state index in [0.717, 1.165) is 16.7 Å². The highest BCUT2D eigenvalue weighted by atomic mass is 16.5. The summed E-state index contributed by atoms with van der Waals surface area (Å²) in [4.78, 5) is 40.8. The van der Waals surface area contributed by atoms with E-state index in [1.807, 2.05) is 91.0 Å². The van der Waals surface area contributed by atoms with Gasteiger partial charge < -0.3 is 15.8 Å². The molecule has 0 aromatic heterocycles. The van der Waals surface area contributed by atoms with Gasteiger partial charge in [-0.05, 0) is 49.3 Å². The molecule has 7 heteroatoms. The monoisotopic (exact) mass is 515 g/mol. The second-order valence-corrected chi connectivity index (χ2v) is 9.17. The molecule has 0 aliphatic heterocycles. The zero-order chi connectivity index (χ0) is 27.2. The Morgan fingerprint density at radius 1 is 0.816 bits per heavy atom. The van der Waals surface area contributed by atoms with E-state index < -0.39 is 24.0 Å². The van der Waals surface area contributed by atoms with Crippen LogP contribution in [0.15, 0.2) is 91.0 Å². The van der Waals surface area contributed by atoms with Crippen molar-refractivity contribution in [2.75, 3.05) is 6.61 Å². The second-order valence-electron chi connectivity index (χ2n) is 9.17. The van der Waals surface area contributed by atoms with Gasteiger partial charge in [0.2, 0.25) is 5.91 Å². The molecule has 0 heterocycles. The van der Waals surface area contributed by atoms with Crippen molar-refractivity contribution in [1.82, 2.24) is 10.2 Å². The van der Waals surface area contributed by atoms with Crippen molar-refractivity contribution in [3.63, 3.8) is 0 Å². The highest BCUT2D eigenvalue weighted by Gasteiger charge is 2.33. The smallest absolute Gasteiger partial charge is 0.324 e. The van der Waals surface area contributed by atoms with Crippen molar-refractivity contribution in [3.8, 4) is 0 Å². The summed E-state index contributed by atoms with van der Waals surface area (Å²) in [6, 6.07) is 26.9. The summed E-state index contributed by atoms with van der Waals surface area (Å²) in [7, 11) is 0. The van der Waals surface area contributed by atoms with Gasteiger partial charge in [0.25, 0.3) is 0 Å². The first-order valence-corrected chi connectivity index (χ1v) is 13.1. The molecular formula is C31H37N3O4. The Labute approximate surface area is 225 Å². The Morgan fingerprint density at radius 3 is 1.95 bits per heavy atom. The predicted octanol–water partition coefficient (Wildman–Crippen LogP) is 4.64. The van der Waals surface area contributed by atoms with Crippen LogP contribution in [0.1, 0.15) is 42.9 Å². The summed E-state index contributed by atoms with van der Waals surface area (Å²) < 4.78 is 5.12. The SMILES string of the molecule is CCOC(=O)CC[C@H](CCc1ccccc1)N(C(=O)NCc1ccccc1)C(=O)[C@@H](N)Cc1ccccc1. The lowest BCUT2D eigenvalue weighted by Crippen LogP contribution is -2.55. The van der Waals surface area contributed by atoms with Crippen molar-refractivity contribution in [2.24, 2.45) is 5.73 Å². The van der Waals surface area contributed by atoms with E-state index in [-0.39, 0.29) is 32.0 Å². The van der Waals surface area contributed by atoms with E-state index in [1.165, 1.54) is 4.90 Å². The third kappa shape index (κ3) is 9.16. The number of rotatable bonds is 13. The number of nitrogens with two attached hydrogens (primary N) is 1. The number of hydrogen-bond donors (Lipinski definition) is 2. The third-order valence-corrected chi connectivity index (χ3v) is 6.32. The zero-order valence-corrected chi connectivity index (χ0v) is 21.9. The third-order valence-electron chi connectivity index (χ3n) is 6.32. The molecule has 0 aliphatic rings. The number of benzene rings is 3. The number of nitrogens with one attached hydrogen (secondary N) is 1. The molecule has 3 N–H and O–H groups in total. The predicted molar refractivity (Wildman–Crippen MR) is 148 cm³/mol. The number of nitrogens with zero attached hydrogens (tertiary/aromatic N) is 1. The summed E-state index contributed by atoms with van der Waals surface area (Å²) in [5, 5.41) is 2.88. The number of hydrogen-bond acceptors (Lipinski definition) is 5. The second kappa shape index (κ2) is 15.3. The molecule has 7 nitrogen and oxygen atoms in total. The molecule has 2 atom stereocenters. The summed E-state index contributed by atoms with van der Waals surface area (Å²) in [6.45, 7) is 2.29. The molecule has 0 spiro atoms. The van der Waals surface area contributed by atoms with Gasteiger partial charge in [0, 0.05) is 19.0 Å². The van der Waals surface area contributed by atoms with Gasteiger partial charge in [0.05, 0.1) is 12.6 Å². The first-order valence-electron chi connectivity index (χ1n) is 13.1. The van der Waals surface area contributed by atoms with Crippen molar-refractivity contribution in [1.29, 1.82) is 0 Å². The maximum absolute atomic E-state index is 13.7. The molecule has 200 valence electrons. The number of amides is 3. The molecule has 0 saturated carbocycles. The van der Waals surface area contributed by atoms with Crippen LogP contribution < -0.4 is 11.1 Å². The van der Waals surface area contributed by atoms with Crippen LogP contribution in [0, 0.1) is 0 Å². The fraction of sp³-hybridized carbons (Fsp3) is 0.323. The number of aryl methyl sites for hydroxylation is 1. The van der Waals surface area contributed by atoms with Crippen molar-refractivity contribution < 1.29 is 19.1 Å². The van der Waals surface area contributed by atoms with E-state index in [2.05, 4.69) is 5.32 Å². The molecule has 3 aromatic carbocycles. The van der Waals surface area contributed by atoms with Crippen molar-refractivity contribution in [3.05, 3.63) is 108 Å². The highest BCUT2D eigenvalue weighted by Crippen LogP contribution is 2.19. The number of esters is 1. The molecule has 0 saturated heterocycles. The zero-order valence-electron chi connectivity index (χ0n) is 21.9. The Morgan fingerprint density at radius 2 is 1.37 bits per heavy atom. The van der Waals surface area contributed by atoms with Crippen molar-refractivity contribution >= 4 is 17.9 Å². The van der Waals surface area contributed by atoms with Gasteiger partial charge in [0.1, 0.15) is 0 Å². The standard InChI is InChI=1S/C31H37N3O4/c1-2-38-29(35)21-20-27(19-18-24-12-6-3-7-13-24)34(31(37)33-23-26-16-10-5-11-17-26)30(36)28(32)22-25-14-8-4-9-15-25/h3-17,27-28H,2,18-23,32H2,1H3,(H,33,37)/t27-,28-/m0/s1. The van der Waals surface area contributed by atoms with E-state index >= 15 is 0 Å². The fourth-order valence-electron chi connectivity index (χ4n) is 4.34. The van der Waals surface area contributed by atoms with E-state index in [4.69, 9.17) is 10.5 Å². The van der Waals surface area contributed by atoms with Crippen LogP contribution in [0.4, 0.5) is 4.79 Å². The van der Waals surface area contributed by atoms with Gasteiger partial charge in [-0.25, -0.2) is 4.79 Å². The summed E-state index contributed by atoms with van der Waals surface area (Å²) in [5.74, 6) is -0.829. The lowest BCUT2D eigenvalue weighted by molar-refractivity contribution is -0.144. The first kappa shape index (κ1) is 28.6. The largest absolute Gasteiger partial charge is 0.466 e. The Hall–Kier alpha value is -3.97. The van der Waals surface area contributed by atoms with Gasteiger partial charge >= 0.3 is 12.0 Å². The lowest BCUT2D eigenvalue weighted by Gasteiger charge is -2.32. The summed E-state index contributed by atoms with van der Waals surface area (Å²) in [6.07, 6.45) is 1.81. The Kier molecular flexibility index (Phi) is 11.5. The van der Waals surface area contributed by atoms with Crippen LogP contribution in [0.25, 0.3) is 0 Å². The van der Waals surface area contributed by atoms with Crippen LogP contribution in [0.3, 0.4) is 0 Å². The minimum absolute atomic E-state index is 0.0942. The average Bonchev–Trinajstić information content (AvgIpc) is 2.95. The molecule has 0 aliphatic carbocycles. The summed E-state index contributed by atoms with van der Waals surface area (Å²) in [5.41, 5.74) is 9.28. The number of carbonyl (C=O) groups is 3. The van der Waals surface area contributed by atoms with Crippen LogP contribution >= 0.6 is 0 Å². The normalized spacial score (nSPS) is 12.3. The van der Waals surface area contributed by atoms with E-state index in [9.17, 15) is 14.4 Å². The van der Waals surface area contributed by atoms with Crippen LogP contribution in [0.2, 0.25) is 0 Å². The van der Waals surface area contributed by atoms with E-state index in [0.29, 0.717) is 19.3 Å². The van der Waals surface area contributed by atoms with Crippen molar-refractivity contribution in [2.45, 2.75) is 57.7 Å². The molecule has 0 bridgehead atoms. The van der Waals surface area contributed by atoms with Gasteiger partial charge in [-0.3, -0.25) is 14.5 Å². The highest BCUT2D eigenvalue weighted by molar-refractivity contribution is 5.97. The number of imide groups is 1. The summed E-state index contributed by atoms with van der Waals surface area (Å²) >= 11 is 0.